The van der Waals surface area contributed by atoms with E-state index in [-0.39, 0.29) is 22.3 Å². The minimum absolute atomic E-state index is 0.0543. The summed E-state index contributed by atoms with van der Waals surface area (Å²) in [4.78, 5) is 41.2. The first-order valence-electron chi connectivity index (χ1n) is 12.7. The largest absolute Gasteiger partial charge is 0.486 e. The monoisotopic (exact) mass is 553 g/mol. The number of nitrogens with two attached hydrogens (primary N) is 2. The van der Waals surface area contributed by atoms with E-state index in [1.807, 2.05) is 0 Å². The van der Waals surface area contributed by atoms with E-state index in [0.717, 1.165) is 32.1 Å². The summed E-state index contributed by atoms with van der Waals surface area (Å²) in [6.07, 6.45) is 4.73. The van der Waals surface area contributed by atoms with Gasteiger partial charge >= 0.3 is 0 Å². The Morgan fingerprint density at radius 2 is 1.72 bits per heavy atom. The van der Waals surface area contributed by atoms with Gasteiger partial charge in [-0.3, -0.25) is 19.3 Å². The molecule has 39 heavy (non-hydrogen) atoms. The molecular weight excluding hydrogens is 525 g/mol. The van der Waals surface area contributed by atoms with Crippen molar-refractivity contribution >= 4 is 40.6 Å². The molecule has 5 rings (SSSR count). The Hall–Kier alpha value is -4.19. The van der Waals surface area contributed by atoms with E-state index in [1.54, 1.807) is 18.2 Å². The van der Waals surface area contributed by atoms with Crippen LogP contribution in [0, 0.1) is 5.82 Å². The van der Waals surface area contributed by atoms with Gasteiger partial charge in [0.05, 0.1) is 5.69 Å². The van der Waals surface area contributed by atoms with Gasteiger partial charge in [-0.15, -0.1) is 0 Å². The third-order valence-corrected chi connectivity index (χ3v) is 7.67. The van der Waals surface area contributed by atoms with Crippen molar-refractivity contribution < 1.29 is 28.2 Å². The van der Waals surface area contributed by atoms with Crippen molar-refractivity contribution in [1.29, 1.82) is 0 Å². The number of rotatable bonds is 7. The van der Waals surface area contributed by atoms with Crippen molar-refractivity contribution in [3.05, 3.63) is 64.4 Å². The molecule has 0 saturated heterocycles. The number of fused-ring (bicyclic) bond motifs is 1. The van der Waals surface area contributed by atoms with Crippen LogP contribution in [-0.4, -0.2) is 41.4 Å². The van der Waals surface area contributed by atoms with Crippen molar-refractivity contribution in [1.82, 2.24) is 9.69 Å². The van der Waals surface area contributed by atoms with E-state index in [4.69, 9.17) is 20.9 Å². The molecular formula is C27H28FN5O5S. The fourth-order valence-electron chi connectivity index (χ4n) is 4.89. The Bertz CT molecular complexity index is 1390. The number of hydrogen-bond acceptors (Lipinski definition) is 8. The average Bonchev–Trinajstić information content (AvgIpc) is 3.33. The summed E-state index contributed by atoms with van der Waals surface area (Å²) in [5.74, 6) is -1.58. The van der Waals surface area contributed by atoms with Gasteiger partial charge in [-0.1, -0.05) is 31.4 Å². The maximum atomic E-state index is 14.2. The third-order valence-electron chi connectivity index (χ3n) is 6.82. The second kappa shape index (κ2) is 11.3. The molecule has 2 heterocycles. The van der Waals surface area contributed by atoms with Crippen molar-refractivity contribution in [3.8, 4) is 11.5 Å². The summed E-state index contributed by atoms with van der Waals surface area (Å²) < 4.78 is 29.2. The first-order chi connectivity index (χ1) is 18.8. The molecule has 2 aliphatic rings. The van der Waals surface area contributed by atoms with Gasteiger partial charge < -0.3 is 26.3 Å². The molecule has 204 valence electrons. The normalized spacial score (nSPS) is 15.8. The molecule has 1 aromatic heterocycles. The fraction of sp³-hybridized carbons (Fsp3) is 0.333. The molecule has 12 heteroatoms. The highest BCUT2D eigenvalue weighted by Gasteiger charge is 2.37. The molecule has 3 amide bonds. The molecule has 10 nitrogen and oxygen atoms in total. The first-order valence-corrected chi connectivity index (χ1v) is 13.4. The van der Waals surface area contributed by atoms with Crippen LogP contribution in [0.3, 0.4) is 0 Å². The summed E-state index contributed by atoms with van der Waals surface area (Å²) in [6.45, 7) is 0.696. The summed E-state index contributed by atoms with van der Waals surface area (Å²) in [5, 5.41) is 3.09. The van der Waals surface area contributed by atoms with E-state index in [1.165, 1.54) is 29.2 Å². The molecule has 2 aromatic carbocycles. The number of halogens is 1. The van der Waals surface area contributed by atoms with Gasteiger partial charge in [-0.25, -0.2) is 4.39 Å². The molecule has 1 atom stereocenters. The zero-order valence-electron chi connectivity index (χ0n) is 21.0. The number of carbonyl (C=O) groups is 3. The van der Waals surface area contributed by atoms with Gasteiger partial charge in [0.1, 0.15) is 29.9 Å². The van der Waals surface area contributed by atoms with Crippen molar-refractivity contribution in [3.63, 3.8) is 0 Å². The van der Waals surface area contributed by atoms with Gasteiger partial charge in [0, 0.05) is 17.8 Å². The summed E-state index contributed by atoms with van der Waals surface area (Å²) in [7, 11) is 0. The molecule has 1 fully saturated rings. The predicted octanol–water partition coefficient (Wildman–Crippen LogP) is 3.57. The number of nitrogens with zero attached hydrogens (tertiary/aromatic N) is 2. The van der Waals surface area contributed by atoms with Crippen molar-refractivity contribution in [2.75, 3.05) is 23.8 Å². The number of amides is 3. The van der Waals surface area contributed by atoms with Gasteiger partial charge in [0.25, 0.3) is 11.8 Å². The van der Waals surface area contributed by atoms with Crippen molar-refractivity contribution in [2.24, 2.45) is 5.73 Å². The minimum Gasteiger partial charge on any atom is -0.486 e. The highest BCUT2D eigenvalue weighted by atomic mass is 32.1. The smallest absolute Gasteiger partial charge is 0.273 e. The minimum atomic E-state index is -1.21. The van der Waals surface area contributed by atoms with Crippen molar-refractivity contribution in [2.45, 2.75) is 44.2 Å². The number of ether oxygens (including phenoxy) is 2. The second-order valence-electron chi connectivity index (χ2n) is 9.44. The van der Waals surface area contributed by atoms with Crippen LogP contribution in [0.25, 0.3) is 0 Å². The zero-order valence-corrected chi connectivity index (χ0v) is 21.8. The Kier molecular flexibility index (Phi) is 7.64. The van der Waals surface area contributed by atoms with E-state index < -0.39 is 29.6 Å². The molecule has 1 saturated carbocycles. The van der Waals surface area contributed by atoms with Crippen LogP contribution in [0.5, 0.6) is 11.5 Å². The van der Waals surface area contributed by atoms with Crippen LogP contribution < -0.4 is 31.2 Å². The van der Waals surface area contributed by atoms with Crippen LogP contribution in [0.1, 0.15) is 63.9 Å². The van der Waals surface area contributed by atoms with Gasteiger partial charge in [-0.05, 0) is 54.2 Å². The average molecular weight is 554 g/mol. The topological polar surface area (TPSA) is 150 Å². The van der Waals surface area contributed by atoms with Crippen LogP contribution in [0.4, 0.5) is 15.8 Å². The van der Waals surface area contributed by atoms with Gasteiger partial charge in [0.15, 0.2) is 17.2 Å². The van der Waals surface area contributed by atoms with Gasteiger partial charge in [0.2, 0.25) is 5.91 Å². The molecule has 0 radical (unpaired) electrons. The molecule has 5 N–H and O–H groups in total. The maximum Gasteiger partial charge on any atom is 0.273 e. The number of carbonyl (C=O) groups excluding carboxylic acids is 3. The standard InChI is InChI=1S/C27H28FN5O5S/c28-16-8-6-15(7-9-16)23(26(35)31-17-4-2-1-3-5-17)33(18-10-11-19-20(14-18)38-13-12-37-19)27(36)24-21(29)22(25(30)34)32-39-24/h6-11,14,17,23H,1-5,12-13,29H2,(H2,30,34)(H,31,35). The first kappa shape index (κ1) is 26.4. The lowest BCUT2D eigenvalue weighted by Crippen LogP contribution is -2.47. The van der Waals surface area contributed by atoms with E-state index in [9.17, 15) is 18.8 Å². The molecule has 1 aliphatic carbocycles. The SMILES string of the molecule is NC(=O)c1nsc(C(=O)N(c2ccc3c(c2)OCCO3)C(C(=O)NC2CCCCC2)c2ccc(F)cc2)c1N. The molecule has 0 bridgehead atoms. The molecule has 3 aromatic rings. The van der Waals surface area contributed by atoms with Gasteiger partial charge in [-0.2, -0.15) is 4.37 Å². The lowest BCUT2D eigenvalue weighted by molar-refractivity contribution is -0.123. The lowest BCUT2D eigenvalue weighted by atomic mass is 9.94. The second-order valence-corrected chi connectivity index (χ2v) is 10.2. The highest BCUT2D eigenvalue weighted by molar-refractivity contribution is 7.09. The number of anilines is 2. The fourth-order valence-corrected chi connectivity index (χ4v) is 5.64. The van der Waals surface area contributed by atoms with E-state index in [2.05, 4.69) is 9.69 Å². The number of benzene rings is 2. The van der Waals surface area contributed by atoms with Crippen LogP contribution in [0.15, 0.2) is 42.5 Å². The number of aromatic nitrogens is 1. The third kappa shape index (κ3) is 5.51. The Morgan fingerprint density at radius 3 is 2.38 bits per heavy atom. The molecule has 1 aliphatic heterocycles. The Morgan fingerprint density at radius 1 is 1.03 bits per heavy atom. The Labute approximate surface area is 228 Å². The molecule has 0 spiro atoms. The number of nitrogen functional groups attached to an aromatic ring is 1. The predicted molar refractivity (Wildman–Crippen MR) is 143 cm³/mol. The number of primary amides is 1. The quantitative estimate of drug-likeness (QED) is 0.405. The molecule has 1 unspecified atom stereocenters. The zero-order chi connectivity index (χ0) is 27.5. The van der Waals surface area contributed by atoms with Crippen LogP contribution in [0.2, 0.25) is 0 Å². The van der Waals surface area contributed by atoms with Crippen LogP contribution >= 0.6 is 11.5 Å². The maximum absolute atomic E-state index is 14.2. The summed E-state index contributed by atoms with van der Waals surface area (Å²) in [6, 6.07) is 9.00. The summed E-state index contributed by atoms with van der Waals surface area (Å²) in [5.41, 5.74) is 11.8. The number of hydrogen-bond donors (Lipinski definition) is 3. The van der Waals surface area contributed by atoms with Crippen LogP contribution in [-0.2, 0) is 4.79 Å². The Balaban J connectivity index is 1.63. The highest BCUT2D eigenvalue weighted by Crippen LogP contribution is 2.39. The van der Waals surface area contributed by atoms with E-state index >= 15 is 0 Å². The lowest BCUT2D eigenvalue weighted by Gasteiger charge is -2.33. The summed E-state index contributed by atoms with van der Waals surface area (Å²) >= 11 is 0.712. The van der Waals surface area contributed by atoms with E-state index in [0.29, 0.717) is 47.5 Å². The number of nitrogens with one attached hydrogen (secondary N) is 1.